The summed E-state index contributed by atoms with van der Waals surface area (Å²) in [6.07, 6.45) is 3.87. The van der Waals surface area contributed by atoms with Crippen LogP contribution in [0, 0.1) is 0 Å². The lowest BCUT2D eigenvalue weighted by Crippen LogP contribution is -2.56. The highest BCUT2D eigenvalue weighted by Crippen LogP contribution is 2.21. The molecule has 0 aromatic carbocycles. The predicted molar refractivity (Wildman–Crippen MR) is 56.5 cm³/mol. The lowest BCUT2D eigenvalue weighted by atomic mass is 9.99. The molecule has 0 aromatic rings. The molecular formula is C10H17ClN2O. The second-order valence-corrected chi connectivity index (χ2v) is 4.43. The molecule has 0 radical (unpaired) electrons. The van der Waals surface area contributed by atoms with Crippen molar-refractivity contribution in [1.82, 2.24) is 9.80 Å². The normalized spacial score (nSPS) is 28.6. The summed E-state index contributed by atoms with van der Waals surface area (Å²) in [4.78, 5) is 15.8. The molecule has 4 heteroatoms. The lowest BCUT2D eigenvalue weighted by molar-refractivity contribution is -0.131. The fraction of sp³-hybridized carbons (Fsp3) is 0.900. The Morgan fingerprint density at radius 3 is 2.93 bits per heavy atom. The minimum atomic E-state index is 0.0943. The van der Waals surface area contributed by atoms with Crippen LogP contribution in [0.4, 0.5) is 0 Å². The number of carbonyl (C=O) groups excluding carboxylic acids is 1. The number of amides is 1. The second kappa shape index (κ2) is 4.49. The first-order valence-corrected chi connectivity index (χ1v) is 5.92. The molecule has 2 fully saturated rings. The van der Waals surface area contributed by atoms with Crippen LogP contribution in [0.5, 0.6) is 0 Å². The average Bonchev–Trinajstić information content (AvgIpc) is 2.27. The van der Waals surface area contributed by atoms with Crippen LogP contribution in [0.15, 0.2) is 0 Å². The van der Waals surface area contributed by atoms with Crippen molar-refractivity contribution in [1.29, 1.82) is 0 Å². The van der Waals surface area contributed by atoms with E-state index in [1.54, 1.807) is 0 Å². The smallest absolute Gasteiger partial charge is 0.237 e. The minimum Gasteiger partial charge on any atom is -0.339 e. The summed E-state index contributed by atoms with van der Waals surface area (Å²) in [6.45, 7) is 4.01. The van der Waals surface area contributed by atoms with Gasteiger partial charge < -0.3 is 4.90 Å². The highest BCUT2D eigenvalue weighted by Gasteiger charge is 2.30. The Balaban J connectivity index is 1.92. The Morgan fingerprint density at radius 1 is 1.29 bits per heavy atom. The van der Waals surface area contributed by atoms with Gasteiger partial charge in [0, 0.05) is 25.7 Å². The highest BCUT2D eigenvalue weighted by atomic mass is 35.5. The zero-order valence-corrected chi connectivity index (χ0v) is 9.17. The lowest BCUT2D eigenvalue weighted by Gasteiger charge is -2.43. The molecular weight excluding hydrogens is 200 g/mol. The number of nitrogens with zero attached hydrogens (tertiary/aromatic N) is 2. The largest absolute Gasteiger partial charge is 0.339 e. The van der Waals surface area contributed by atoms with Crippen molar-refractivity contribution in [2.24, 2.45) is 0 Å². The first-order chi connectivity index (χ1) is 6.81. The van der Waals surface area contributed by atoms with Crippen LogP contribution in [-0.4, -0.2) is 53.8 Å². The van der Waals surface area contributed by atoms with E-state index >= 15 is 0 Å². The fourth-order valence-corrected chi connectivity index (χ4v) is 2.64. The number of hydrogen-bond donors (Lipinski definition) is 0. The van der Waals surface area contributed by atoms with E-state index in [-0.39, 0.29) is 11.8 Å². The number of alkyl halides is 1. The van der Waals surface area contributed by atoms with Gasteiger partial charge in [0.2, 0.25) is 5.91 Å². The topological polar surface area (TPSA) is 23.6 Å². The third-order valence-corrected chi connectivity index (χ3v) is 3.53. The van der Waals surface area contributed by atoms with E-state index in [9.17, 15) is 4.79 Å². The van der Waals surface area contributed by atoms with E-state index in [0.717, 1.165) is 19.6 Å². The zero-order chi connectivity index (χ0) is 9.97. The number of piperazine rings is 1. The number of hydrogen-bond acceptors (Lipinski definition) is 2. The Kier molecular flexibility index (Phi) is 3.29. The Bertz CT molecular complexity index is 222. The third-order valence-electron chi connectivity index (χ3n) is 3.30. The Hall–Kier alpha value is -0.280. The van der Waals surface area contributed by atoms with Gasteiger partial charge in [-0.15, -0.1) is 11.6 Å². The van der Waals surface area contributed by atoms with Gasteiger partial charge in [0.25, 0.3) is 0 Å². The molecule has 0 bridgehead atoms. The summed E-state index contributed by atoms with van der Waals surface area (Å²) in [5.41, 5.74) is 0. The molecule has 0 N–H and O–H groups in total. The van der Waals surface area contributed by atoms with Crippen LogP contribution < -0.4 is 0 Å². The van der Waals surface area contributed by atoms with Gasteiger partial charge in [0.15, 0.2) is 0 Å². The molecule has 0 saturated carbocycles. The van der Waals surface area contributed by atoms with Gasteiger partial charge in [-0.3, -0.25) is 9.69 Å². The molecule has 2 heterocycles. The summed E-state index contributed by atoms with van der Waals surface area (Å²) >= 11 is 5.56. The maximum absolute atomic E-state index is 11.4. The van der Waals surface area contributed by atoms with E-state index in [4.69, 9.17) is 11.6 Å². The Morgan fingerprint density at radius 2 is 2.14 bits per heavy atom. The van der Waals surface area contributed by atoms with Gasteiger partial charge in [-0.2, -0.15) is 0 Å². The number of carbonyl (C=O) groups is 1. The molecule has 1 amide bonds. The van der Waals surface area contributed by atoms with E-state index in [1.165, 1.54) is 25.8 Å². The molecule has 2 rings (SSSR count). The molecule has 14 heavy (non-hydrogen) atoms. The van der Waals surface area contributed by atoms with Crippen molar-refractivity contribution in [3.05, 3.63) is 0 Å². The number of fused-ring (bicyclic) bond motifs is 1. The predicted octanol–water partition coefficient (Wildman–Crippen LogP) is 0.922. The minimum absolute atomic E-state index is 0.0943. The van der Waals surface area contributed by atoms with E-state index in [2.05, 4.69) is 4.90 Å². The van der Waals surface area contributed by atoms with Crippen LogP contribution in [0.2, 0.25) is 0 Å². The molecule has 3 nitrogen and oxygen atoms in total. The van der Waals surface area contributed by atoms with E-state index in [1.807, 2.05) is 4.90 Å². The molecule has 1 atom stereocenters. The van der Waals surface area contributed by atoms with Gasteiger partial charge >= 0.3 is 0 Å². The summed E-state index contributed by atoms with van der Waals surface area (Å²) in [5.74, 6) is 0.226. The molecule has 2 aliphatic heterocycles. The maximum Gasteiger partial charge on any atom is 0.237 e. The van der Waals surface area contributed by atoms with Crippen LogP contribution in [0.3, 0.4) is 0 Å². The van der Waals surface area contributed by atoms with Crippen molar-refractivity contribution >= 4 is 17.5 Å². The van der Waals surface area contributed by atoms with Gasteiger partial charge in [-0.1, -0.05) is 6.42 Å². The number of halogens is 1. The van der Waals surface area contributed by atoms with Crippen LogP contribution in [-0.2, 0) is 4.79 Å². The molecule has 2 aliphatic rings. The zero-order valence-electron chi connectivity index (χ0n) is 8.41. The van der Waals surface area contributed by atoms with Crippen LogP contribution in [0.1, 0.15) is 19.3 Å². The van der Waals surface area contributed by atoms with Crippen molar-refractivity contribution in [2.75, 3.05) is 32.1 Å². The van der Waals surface area contributed by atoms with Crippen molar-refractivity contribution in [3.8, 4) is 0 Å². The van der Waals surface area contributed by atoms with Crippen LogP contribution >= 0.6 is 11.6 Å². The molecule has 1 unspecified atom stereocenters. The van der Waals surface area contributed by atoms with Crippen molar-refractivity contribution in [2.45, 2.75) is 25.3 Å². The summed E-state index contributed by atoms with van der Waals surface area (Å²) in [5, 5.41) is 0. The van der Waals surface area contributed by atoms with Gasteiger partial charge in [-0.05, 0) is 19.4 Å². The summed E-state index contributed by atoms with van der Waals surface area (Å²) in [7, 11) is 0. The van der Waals surface area contributed by atoms with Crippen molar-refractivity contribution < 1.29 is 4.79 Å². The second-order valence-electron chi connectivity index (χ2n) is 4.16. The van der Waals surface area contributed by atoms with Gasteiger partial charge in [0.05, 0.1) is 0 Å². The fourth-order valence-electron chi connectivity index (χ4n) is 2.47. The molecule has 0 aromatic heterocycles. The molecule has 0 spiro atoms. The molecule has 0 aliphatic carbocycles. The SMILES string of the molecule is O=C(CCl)N1CCN2CCCCC2C1. The Labute approximate surface area is 90.0 Å². The number of piperidine rings is 1. The standard InChI is InChI=1S/C10H17ClN2O/c11-7-10(14)13-6-5-12-4-2-1-3-9(12)8-13/h9H,1-8H2. The van der Waals surface area contributed by atoms with Crippen molar-refractivity contribution in [3.63, 3.8) is 0 Å². The monoisotopic (exact) mass is 216 g/mol. The van der Waals surface area contributed by atoms with Gasteiger partial charge in [-0.25, -0.2) is 0 Å². The average molecular weight is 217 g/mol. The number of rotatable bonds is 1. The summed E-state index contributed by atoms with van der Waals surface area (Å²) in [6, 6.07) is 0.602. The van der Waals surface area contributed by atoms with E-state index < -0.39 is 0 Å². The molecule has 2 saturated heterocycles. The molecule has 80 valence electrons. The maximum atomic E-state index is 11.4. The third kappa shape index (κ3) is 2.04. The van der Waals surface area contributed by atoms with Gasteiger partial charge in [0.1, 0.15) is 5.88 Å². The quantitative estimate of drug-likeness (QED) is 0.609. The van der Waals surface area contributed by atoms with Crippen LogP contribution in [0.25, 0.3) is 0 Å². The summed E-state index contributed by atoms with van der Waals surface area (Å²) < 4.78 is 0. The first-order valence-electron chi connectivity index (χ1n) is 5.39. The first kappa shape index (κ1) is 10.2. The highest BCUT2D eigenvalue weighted by molar-refractivity contribution is 6.27. The van der Waals surface area contributed by atoms with E-state index in [0.29, 0.717) is 6.04 Å².